The van der Waals surface area contributed by atoms with Gasteiger partial charge in [-0.3, -0.25) is 9.59 Å². The maximum absolute atomic E-state index is 12.5. The molecular weight excluding hydrogens is 324 g/mol. The van der Waals surface area contributed by atoms with Crippen molar-refractivity contribution >= 4 is 34.0 Å². The van der Waals surface area contributed by atoms with Crippen molar-refractivity contribution in [3.05, 3.63) is 71.3 Å². The summed E-state index contributed by atoms with van der Waals surface area (Å²) in [6, 6.07) is 17.4. The van der Waals surface area contributed by atoms with Crippen molar-refractivity contribution in [1.82, 2.24) is 0 Å². The quantitative estimate of drug-likeness (QED) is 0.767. The molecule has 3 aromatic carbocycles. The predicted molar refractivity (Wildman–Crippen MR) is 105 cm³/mol. The van der Waals surface area contributed by atoms with E-state index < -0.39 is 0 Å². The molecule has 0 saturated carbocycles. The minimum Gasteiger partial charge on any atom is -0.325 e. The number of aryl methyl sites for hydroxylation is 1. The Labute approximate surface area is 152 Å². The van der Waals surface area contributed by atoms with Gasteiger partial charge in [0.25, 0.3) is 5.91 Å². The molecule has 2 amide bonds. The molecule has 26 heavy (non-hydrogen) atoms. The van der Waals surface area contributed by atoms with Crippen LogP contribution in [-0.4, -0.2) is 18.4 Å². The lowest BCUT2D eigenvalue weighted by Gasteiger charge is -2.15. The van der Waals surface area contributed by atoms with Crippen molar-refractivity contribution in [3.63, 3.8) is 0 Å². The zero-order valence-electron chi connectivity index (χ0n) is 14.9. The van der Waals surface area contributed by atoms with E-state index in [1.165, 1.54) is 5.56 Å². The number of nitrogens with one attached hydrogen (secondary N) is 1. The highest BCUT2D eigenvalue weighted by molar-refractivity contribution is 6.27. The van der Waals surface area contributed by atoms with Crippen molar-refractivity contribution < 1.29 is 9.59 Å². The van der Waals surface area contributed by atoms with Crippen LogP contribution in [0.1, 0.15) is 28.4 Å². The average molecular weight is 344 g/mol. The van der Waals surface area contributed by atoms with Crippen LogP contribution in [-0.2, 0) is 11.2 Å². The maximum atomic E-state index is 12.5. The molecule has 3 aromatic rings. The Kier molecular flexibility index (Phi) is 3.96. The summed E-state index contributed by atoms with van der Waals surface area (Å²) in [6.07, 6.45) is 0.323. The Hall–Kier alpha value is -3.14. The number of amides is 2. The Morgan fingerprint density at radius 1 is 1.04 bits per heavy atom. The number of carbonyl (C=O) groups excluding carboxylic acids is 2. The number of anilines is 2. The molecule has 0 saturated heterocycles. The number of hydrogen-bond donors (Lipinski definition) is 1. The lowest BCUT2D eigenvalue weighted by molar-refractivity contribution is -0.115. The summed E-state index contributed by atoms with van der Waals surface area (Å²) in [7, 11) is 0. The molecule has 0 atom stereocenters. The number of rotatable bonds is 4. The second-order valence-corrected chi connectivity index (χ2v) is 6.62. The van der Waals surface area contributed by atoms with Gasteiger partial charge in [-0.15, -0.1) is 0 Å². The molecule has 1 heterocycles. The average Bonchev–Trinajstić information content (AvgIpc) is 2.92. The van der Waals surface area contributed by atoms with E-state index in [2.05, 4.69) is 5.32 Å². The fourth-order valence-electron chi connectivity index (χ4n) is 3.55. The van der Waals surface area contributed by atoms with Crippen molar-refractivity contribution in [3.8, 4) is 0 Å². The first-order valence-corrected chi connectivity index (χ1v) is 8.81. The van der Waals surface area contributed by atoms with Gasteiger partial charge in [0.1, 0.15) is 0 Å². The molecule has 0 bridgehead atoms. The first-order valence-electron chi connectivity index (χ1n) is 8.81. The van der Waals surface area contributed by atoms with Crippen LogP contribution in [0.25, 0.3) is 10.8 Å². The molecule has 0 fully saturated rings. The van der Waals surface area contributed by atoms with E-state index in [0.717, 1.165) is 27.7 Å². The van der Waals surface area contributed by atoms with Crippen LogP contribution in [0.15, 0.2) is 54.6 Å². The predicted octanol–water partition coefficient (Wildman–Crippen LogP) is 4.31. The van der Waals surface area contributed by atoms with E-state index in [1.54, 1.807) is 4.90 Å². The number of hydrogen-bond acceptors (Lipinski definition) is 2. The van der Waals surface area contributed by atoms with Gasteiger partial charge in [-0.1, -0.05) is 42.0 Å². The molecular formula is C22H20N2O2. The van der Waals surface area contributed by atoms with Crippen LogP contribution in [0.3, 0.4) is 0 Å². The zero-order valence-corrected chi connectivity index (χ0v) is 14.9. The monoisotopic (exact) mass is 344 g/mol. The molecule has 130 valence electrons. The molecule has 1 aliphatic rings. The third kappa shape index (κ3) is 2.64. The SMILES string of the molecule is CCN1C(=O)c2cccc3c(NC(=O)Cc4ccc(C)cc4)ccc1c23. The van der Waals surface area contributed by atoms with Gasteiger partial charge in [0, 0.05) is 28.6 Å². The summed E-state index contributed by atoms with van der Waals surface area (Å²) in [4.78, 5) is 26.8. The van der Waals surface area contributed by atoms with Gasteiger partial charge in [0.2, 0.25) is 5.91 Å². The van der Waals surface area contributed by atoms with Gasteiger partial charge in [0.05, 0.1) is 12.1 Å². The molecule has 0 aromatic heterocycles. The standard InChI is InChI=1S/C22H20N2O2/c1-3-24-19-12-11-18(16-5-4-6-17(21(16)19)22(24)26)23-20(25)13-15-9-7-14(2)8-10-15/h4-12H,3,13H2,1-2H3,(H,23,25). The first-order chi connectivity index (χ1) is 12.6. The van der Waals surface area contributed by atoms with Crippen LogP contribution < -0.4 is 10.2 Å². The van der Waals surface area contributed by atoms with Crippen molar-refractivity contribution in [1.29, 1.82) is 0 Å². The molecule has 1 aliphatic heterocycles. The third-order valence-corrected chi connectivity index (χ3v) is 4.86. The van der Waals surface area contributed by atoms with Gasteiger partial charge < -0.3 is 10.2 Å². The number of benzene rings is 3. The molecule has 1 N–H and O–H groups in total. The fourth-order valence-corrected chi connectivity index (χ4v) is 3.55. The van der Waals surface area contributed by atoms with Gasteiger partial charge in [-0.25, -0.2) is 0 Å². The minimum absolute atomic E-state index is 0.0243. The van der Waals surface area contributed by atoms with E-state index >= 15 is 0 Å². The summed E-state index contributed by atoms with van der Waals surface area (Å²) in [5.74, 6) is -0.0394. The van der Waals surface area contributed by atoms with Crippen LogP contribution in [0.5, 0.6) is 0 Å². The minimum atomic E-state index is -0.0637. The molecule has 0 spiro atoms. The van der Waals surface area contributed by atoms with Crippen LogP contribution in [0.4, 0.5) is 11.4 Å². The lowest BCUT2D eigenvalue weighted by Crippen LogP contribution is -2.25. The second-order valence-electron chi connectivity index (χ2n) is 6.62. The van der Waals surface area contributed by atoms with Gasteiger partial charge in [0.15, 0.2) is 0 Å². The van der Waals surface area contributed by atoms with Gasteiger partial charge in [-0.05, 0) is 37.6 Å². The maximum Gasteiger partial charge on any atom is 0.258 e. The molecule has 4 heteroatoms. The van der Waals surface area contributed by atoms with E-state index in [9.17, 15) is 9.59 Å². The Balaban J connectivity index is 1.66. The zero-order chi connectivity index (χ0) is 18.3. The Bertz CT molecular complexity index is 1020. The molecule has 4 nitrogen and oxygen atoms in total. The van der Waals surface area contributed by atoms with Crippen molar-refractivity contribution in [2.75, 3.05) is 16.8 Å². The number of carbonyl (C=O) groups is 2. The Morgan fingerprint density at radius 2 is 1.81 bits per heavy atom. The molecule has 0 unspecified atom stereocenters. The van der Waals surface area contributed by atoms with Crippen LogP contribution in [0, 0.1) is 6.92 Å². The van der Waals surface area contributed by atoms with E-state index in [0.29, 0.717) is 18.5 Å². The summed E-state index contributed by atoms with van der Waals surface area (Å²) < 4.78 is 0. The lowest BCUT2D eigenvalue weighted by atomic mass is 10.0. The highest BCUT2D eigenvalue weighted by Gasteiger charge is 2.29. The fraction of sp³-hybridized carbons (Fsp3) is 0.182. The molecule has 0 radical (unpaired) electrons. The van der Waals surface area contributed by atoms with Gasteiger partial charge in [-0.2, -0.15) is 0 Å². The topological polar surface area (TPSA) is 49.4 Å². The van der Waals surface area contributed by atoms with E-state index in [-0.39, 0.29) is 11.8 Å². The van der Waals surface area contributed by atoms with E-state index in [4.69, 9.17) is 0 Å². The summed E-state index contributed by atoms with van der Waals surface area (Å²) in [5, 5.41) is 4.84. The molecule has 4 rings (SSSR count). The van der Waals surface area contributed by atoms with E-state index in [1.807, 2.05) is 68.4 Å². The van der Waals surface area contributed by atoms with Crippen LogP contribution >= 0.6 is 0 Å². The smallest absolute Gasteiger partial charge is 0.258 e. The molecule has 0 aliphatic carbocycles. The summed E-state index contributed by atoms with van der Waals surface area (Å²) >= 11 is 0. The van der Waals surface area contributed by atoms with Crippen LogP contribution in [0.2, 0.25) is 0 Å². The highest BCUT2D eigenvalue weighted by Crippen LogP contribution is 2.40. The second kappa shape index (κ2) is 6.30. The third-order valence-electron chi connectivity index (χ3n) is 4.86. The largest absolute Gasteiger partial charge is 0.325 e. The number of nitrogens with zero attached hydrogens (tertiary/aromatic N) is 1. The Morgan fingerprint density at radius 3 is 2.54 bits per heavy atom. The van der Waals surface area contributed by atoms with Crippen molar-refractivity contribution in [2.24, 2.45) is 0 Å². The highest BCUT2D eigenvalue weighted by atomic mass is 16.2. The first kappa shape index (κ1) is 16.3. The summed E-state index contributed by atoms with van der Waals surface area (Å²) in [5.41, 5.74) is 4.51. The summed E-state index contributed by atoms with van der Waals surface area (Å²) in [6.45, 7) is 4.62. The van der Waals surface area contributed by atoms with Crippen molar-refractivity contribution in [2.45, 2.75) is 20.3 Å². The normalized spacial score (nSPS) is 12.7. The van der Waals surface area contributed by atoms with Gasteiger partial charge >= 0.3 is 0 Å².